The first-order chi connectivity index (χ1) is 5.41. The molecule has 1 N–H and O–H groups in total. The van der Waals surface area contributed by atoms with Crippen molar-refractivity contribution in [2.45, 2.75) is 32.3 Å². The summed E-state index contributed by atoms with van der Waals surface area (Å²) in [6.07, 6.45) is -6.06. The Morgan fingerprint density at radius 1 is 1.42 bits per heavy atom. The van der Waals surface area contributed by atoms with Gasteiger partial charge in [-0.15, -0.1) is 0 Å². The lowest BCUT2D eigenvalue weighted by Gasteiger charge is -2.16. The standard InChI is InChI=1S/C7H12F3NO/c1-4(2)5-3-12-6(11-5)7(8,9)10/h4-6,11H,3H2,1-2H3/t5-,6?/m0/s1. The number of halogens is 3. The van der Waals surface area contributed by atoms with E-state index in [0.29, 0.717) is 0 Å². The van der Waals surface area contributed by atoms with Crippen LogP contribution in [0.25, 0.3) is 0 Å². The van der Waals surface area contributed by atoms with Crippen molar-refractivity contribution >= 4 is 0 Å². The molecule has 1 aliphatic rings. The van der Waals surface area contributed by atoms with E-state index in [1.807, 2.05) is 13.8 Å². The minimum Gasteiger partial charge on any atom is -0.352 e. The Morgan fingerprint density at radius 3 is 2.25 bits per heavy atom. The molecule has 72 valence electrons. The summed E-state index contributed by atoms with van der Waals surface area (Å²) in [6, 6.07) is -0.184. The van der Waals surface area contributed by atoms with Crippen LogP contribution in [0.2, 0.25) is 0 Å². The van der Waals surface area contributed by atoms with Crippen LogP contribution in [-0.2, 0) is 4.74 Å². The minimum atomic E-state index is -4.29. The Labute approximate surface area is 69.1 Å². The molecule has 1 unspecified atom stereocenters. The molecule has 0 aromatic rings. The van der Waals surface area contributed by atoms with Gasteiger partial charge in [0.2, 0.25) is 6.23 Å². The average Bonchev–Trinajstić information content (AvgIpc) is 2.30. The van der Waals surface area contributed by atoms with Crippen LogP contribution in [0.15, 0.2) is 0 Å². The van der Waals surface area contributed by atoms with E-state index in [-0.39, 0.29) is 18.6 Å². The molecular formula is C7H12F3NO. The molecule has 0 saturated carbocycles. The van der Waals surface area contributed by atoms with Gasteiger partial charge < -0.3 is 4.74 Å². The molecule has 0 spiro atoms. The highest BCUT2D eigenvalue weighted by Gasteiger charge is 2.45. The molecule has 12 heavy (non-hydrogen) atoms. The summed E-state index contributed by atoms with van der Waals surface area (Å²) in [7, 11) is 0. The van der Waals surface area contributed by atoms with Gasteiger partial charge >= 0.3 is 6.18 Å². The zero-order valence-electron chi connectivity index (χ0n) is 6.98. The molecule has 0 aliphatic carbocycles. The summed E-state index contributed by atoms with van der Waals surface area (Å²) in [6.45, 7) is 3.86. The van der Waals surface area contributed by atoms with E-state index >= 15 is 0 Å². The van der Waals surface area contributed by atoms with Gasteiger partial charge in [-0.05, 0) is 5.92 Å². The fraction of sp³-hybridized carbons (Fsp3) is 1.00. The maximum atomic E-state index is 12.0. The molecule has 1 saturated heterocycles. The van der Waals surface area contributed by atoms with E-state index in [0.717, 1.165) is 0 Å². The molecule has 0 radical (unpaired) electrons. The molecule has 0 bridgehead atoms. The third-order valence-corrected chi connectivity index (χ3v) is 1.91. The van der Waals surface area contributed by atoms with E-state index in [1.165, 1.54) is 0 Å². The third kappa shape index (κ3) is 2.10. The lowest BCUT2D eigenvalue weighted by molar-refractivity contribution is -0.212. The average molecular weight is 183 g/mol. The first-order valence-corrected chi connectivity index (χ1v) is 3.85. The van der Waals surface area contributed by atoms with E-state index in [4.69, 9.17) is 0 Å². The smallest absolute Gasteiger partial charge is 0.352 e. The molecule has 1 fully saturated rings. The highest BCUT2D eigenvalue weighted by Crippen LogP contribution is 2.25. The van der Waals surface area contributed by atoms with Crippen molar-refractivity contribution in [3.05, 3.63) is 0 Å². The van der Waals surface area contributed by atoms with Gasteiger partial charge in [-0.25, -0.2) is 0 Å². The molecular weight excluding hydrogens is 171 g/mol. The Kier molecular flexibility index (Phi) is 2.63. The Morgan fingerprint density at radius 2 is 2.00 bits per heavy atom. The minimum absolute atomic E-state index is 0.141. The lowest BCUT2D eigenvalue weighted by Crippen LogP contribution is -2.42. The van der Waals surface area contributed by atoms with Gasteiger partial charge in [-0.1, -0.05) is 13.8 Å². The molecule has 5 heteroatoms. The van der Waals surface area contributed by atoms with Crippen molar-refractivity contribution < 1.29 is 17.9 Å². The normalized spacial score (nSPS) is 31.5. The quantitative estimate of drug-likeness (QED) is 0.665. The summed E-state index contributed by atoms with van der Waals surface area (Å²) in [5.41, 5.74) is 0. The van der Waals surface area contributed by atoms with Gasteiger partial charge in [-0.2, -0.15) is 13.2 Å². The molecule has 1 aliphatic heterocycles. The van der Waals surface area contributed by atoms with Gasteiger partial charge in [-0.3, -0.25) is 5.32 Å². The van der Waals surface area contributed by atoms with Gasteiger partial charge in [0.05, 0.1) is 6.61 Å². The summed E-state index contributed by atoms with van der Waals surface area (Å²) in [4.78, 5) is 0. The molecule has 0 amide bonds. The van der Waals surface area contributed by atoms with Crippen LogP contribution in [0.1, 0.15) is 13.8 Å². The van der Waals surface area contributed by atoms with E-state index in [2.05, 4.69) is 10.1 Å². The summed E-state index contributed by atoms with van der Waals surface area (Å²) in [5.74, 6) is 0.164. The molecule has 1 rings (SSSR count). The molecule has 2 atom stereocenters. The second-order valence-corrected chi connectivity index (χ2v) is 3.27. The second-order valence-electron chi connectivity index (χ2n) is 3.27. The van der Waals surface area contributed by atoms with Crippen molar-refractivity contribution in [2.75, 3.05) is 6.61 Å². The predicted molar refractivity (Wildman–Crippen MR) is 37.6 cm³/mol. The van der Waals surface area contributed by atoms with E-state index in [1.54, 1.807) is 0 Å². The highest BCUT2D eigenvalue weighted by atomic mass is 19.4. The maximum Gasteiger partial charge on any atom is 0.428 e. The molecule has 2 nitrogen and oxygen atoms in total. The van der Waals surface area contributed by atoms with Crippen LogP contribution in [-0.4, -0.2) is 25.1 Å². The zero-order chi connectivity index (χ0) is 9.35. The number of rotatable bonds is 1. The highest BCUT2D eigenvalue weighted by molar-refractivity contribution is 4.81. The topological polar surface area (TPSA) is 21.3 Å². The SMILES string of the molecule is CC(C)[C@@H]1COC(C(F)(F)F)N1. The van der Waals surface area contributed by atoms with Gasteiger partial charge in [0.15, 0.2) is 0 Å². The largest absolute Gasteiger partial charge is 0.428 e. The van der Waals surface area contributed by atoms with Crippen molar-refractivity contribution in [1.82, 2.24) is 5.32 Å². The molecule has 0 aromatic carbocycles. The first-order valence-electron chi connectivity index (χ1n) is 3.85. The maximum absolute atomic E-state index is 12.0. The number of alkyl halides is 3. The van der Waals surface area contributed by atoms with Gasteiger partial charge in [0, 0.05) is 6.04 Å². The Balaban J connectivity index is 2.46. The van der Waals surface area contributed by atoms with Crippen LogP contribution in [0.5, 0.6) is 0 Å². The Bertz CT molecular complexity index is 157. The van der Waals surface area contributed by atoms with Crippen molar-refractivity contribution in [3.8, 4) is 0 Å². The van der Waals surface area contributed by atoms with Crippen molar-refractivity contribution in [3.63, 3.8) is 0 Å². The van der Waals surface area contributed by atoms with Crippen LogP contribution >= 0.6 is 0 Å². The van der Waals surface area contributed by atoms with E-state index < -0.39 is 12.4 Å². The third-order valence-electron chi connectivity index (χ3n) is 1.91. The van der Waals surface area contributed by atoms with E-state index in [9.17, 15) is 13.2 Å². The van der Waals surface area contributed by atoms with Gasteiger partial charge in [0.25, 0.3) is 0 Å². The summed E-state index contributed by atoms with van der Waals surface area (Å²) in [5, 5.41) is 2.38. The van der Waals surface area contributed by atoms with Gasteiger partial charge in [0.1, 0.15) is 0 Å². The lowest BCUT2D eigenvalue weighted by atomic mass is 10.1. The van der Waals surface area contributed by atoms with Crippen molar-refractivity contribution in [1.29, 1.82) is 0 Å². The molecule has 0 aromatic heterocycles. The molecule has 1 heterocycles. The van der Waals surface area contributed by atoms with Crippen LogP contribution < -0.4 is 5.32 Å². The number of hydrogen-bond donors (Lipinski definition) is 1. The van der Waals surface area contributed by atoms with Crippen molar-refractivity contribution in [2.24, 2.45) is 5.92 Å². The van der Waals surface area contributed by atoms with Crippen LogP contribution in [0.3, 0.4) is 0 Å². The predicted octanol–water partition coefficient (Wildman–Crippen LogP) is 1.52. The fourth-order valence-corrected chi connectivity index (χ4v) is 1.06. The zero-order valence-corrected chi connectivity index (χ0v) is 6.98. The first kappa shape index (κ1) is 9.80. The second kappa shape index (κ2) is 3.22. The summed E-state index contributed by atoms with van der Waals surface area (Å²) >= 11 is 0. The number of ether oxygens (including phenoxy) is 1. The monoisotopic (exact) mass is 183 g/mol. The fourth-order valence-electron chi connectivity index (χ4n) is 1.06. The Hall–Kier alpha value is -0.290. The summed E-state index contributed by atoms with van der Waals surface area (Å²) < 4.78 is 40.6. The number of hydrogen-bond acceptors (Lipinski definition) is 2. The van der Waals surface area contributed by atoms with Crippen LogP contribution in [0.4, 0.5) is 13.2 Å². The van der Waals surface area contributed by atoms with Crippen LogP contribution in [0, 0.1) is 5.92 Å². The number of nitrogens with one attached hydrogen (secondary N) is 1.